The van der Waals surface area contributed by atoms with Gasteiger partial charge in [-0.05, 0) is 40.5 Å². The van der Waals surface area contributed by atoms with E-state index in [1.807, 2.05) is 19.1 Å². The van der Waals surface area contributed by atoms with E-state index in [1.54, 1.807) is 0 Å². The Morgan fingerprint density at radius 3 is 2.42 bits per heavy atom. The fourth-order valence-electron chi connectivity index (χ4n) is 2.67. The molecule has 0 saturated heterocycles. The van der Waals surface area contributed by atoms with Gasteiger partial charge in [0.1, 0.15) is 12.6 Å². The van der Waals surface area contributed by atoms with Crippen LogP contribution in [0, 0.1) is 0 Å². The first-order valence-corrected chi connectivity index (χ1v) is 7.48. The number of allylic oxidation sites excluding steroid dienone is 3. The van der Waals surface area contributed by atoms with Crippen LogP contribution in [0.5, 0.6) is 0 Å². The number of quaternary nitrogens is 1. The molecule has 108 valence electrons. The lowest BCUT2D eigenvalue weighted by Gasteiger charge is -2.37. The Labute approximate surface area is 117 Å². The summed E-state index contributed by atoms with van der Waals surface area (Å²) >= 11 is 0. The number of hydrogen-bond acceptors (Lipinski definition) is 2. The van der Waals surface area contributed by atoms with Gasteiger partial charge < -0.3 is 9.22 Å². The van der Waals surface area contributed by atoms with E-state index < -0.39 is 0 Å². The van der Waals surface area contributed by atoms with Crippen molar-refractivity contribution >= 4 is 5.97 Å². The lowest BCUT2D eigenvalue weighted by atomic mass is 10.1. The van der Waals surface area contributed by atoms with Crippen LogP contribution in [-0.4, -0.2) is 42.7 Å². The monoisotopic (exact) mass is 266 g/mol. The minimum atomic E-state index is -0.141. The second-order valence-corrected chi connectivity index (χ2v) is 5.35. The van der Waals surface area contributed by atoms with Crippen molar-refractivity contribution < 1.29 is 14.0 Å². The molecule has 0 amide bonds. The summed E-state index contributed by atoms with van der Waals surface area (Å²) < 4.78 is 6.60. The zero-order valence-electron chi connectivity index (χ0n) is 12.8. The zero-order chi connectivity index (χ0) is 14.3. The van der Waals surface area contributed by atoms with Gasteiger partial charge in [-0.2, -0.15) is 0 Å². The molecule has 0 spiro atoms. The number of likely N-dealkylation sites (N-methyl/N-ethyl adjacent to an activating group) is 1. The molecule has 0 heterocycles. The van der Waals surface area contributed by atoms with Crippen molar-refractivity contribution in [3.05, 3.63) is 23.8 Å². The number of nitrogens with zero attached hydrogens (tertiary/aromatic N) is 1. The Morgan fingerprint density at radius 1 is 1.32 bits per heavy atom. The first-order chi connectivity index (χ1) is 9.06. The van der Waals surface area contributed by atoms with Crippen LogP contribution in [-0.2, 0) is 9.53 Å². The van der Waals surface area contributed by atoms with Gasteiger partial charge in [0.2, 0.25) is 0 Å². The molecule has 1 aliphatic rings. The fraction of sp³-hybridized carbons (Fsp3) is 0.688. The predicted molar refractivity (Wildman–Crippen MR) is 78.8 cm³/mol. The van der Waals surface area contributed by atoms with E-state index in [-0.39, 0.29) is 12.1 Å². The van der Waals surface area contributed by atoms with Crippen LogP contribution in [0.15, 0.2) is 23.8 Å². The van der Waals surface area contributed by atoms with Crippen LogP contribution >= 0.6 is 0 Å². The normalized spacial score (nSPS) is 16.9. The minimum Gasteiger partial charge on any atom is -0.453 e. The average molecular weight is 266 g/mol. The van der Waals surface area contributed by atoms with Gasteiger partial charge in [-0.1, -0.05) is 18.2 Å². The number of carbonyl (C=O) groups excluding carboxylic acids is 1. The van der Waals surface area contributed by atoms with Gasteiger partial charge in [-0.3, -0.25) is 0 Å². The highest BCUT2D eigenvalue weighted by Crippen LogP contribution is 2.16. The third kappa shape index (κ3) is 4.50. The summed E-state index contributed by atoms with van der Waals surface area (Å²) in [6.07, 6.45) is 7.60. The van der Waals surface area contributed by atoms with Crippen molar-refractivity contribution in [1.29, 1.82) is 0 Å². The number of hydrogen-bond donors (Lipinski definition) is 0. The van der Waals surface area contributed by atoms with Gasteiger partial charge in [0.25, 0.3) is 0 Å². The van der Waals surface area contributed by atoms with Crippen LogP contribution in [0.4, 0.5) is 0 Å². The molecule has 0 radical (unpaired) electrons. The first kappa shape index (κ1) is 16.0. The Kier molecular flexibility index (Phi) is 6.29. The number of rotatable bonds is 7. The molecule has 0 aliphatic heterocycles. The summed E-state index contributed by atoms with van der Waals surface area (Å²) in [5.74, 6) is -0.141. The maximum Gasteiger partial charge on any atom is 0.334 e. The quantitative estimate of drug-likeness (QED) is 0.523. The van der Waals surface area contributed by atoms with E-state index in [4.69, 9.17) is 4.74 Å². The number of esters is 1. The van der Waals surface area contributed by atoms with E-state index >= 15 is 0 Å². The molecule has 1 atom stereocenters. The molecule has 0 fully saturated rings. The maximum absolute atomic E-state index is 12.0. The summed E-state index contributed by atoms with van der Waals surface area (Å²) in [4.78, 5) is 12.0. The molecule has 0 N–H and O–H groups in total. The van der Waals surface area contributed by atoms with Crippen molar-refractivity contribution in [1.82, 2.24) is 0 Å². The summed E-state index contributed by atoms with van der Waals surface area (Å²) in [5, 5.41) is 0. The van der Waals surface area contributed by atoms with Crippen LogP contribution in [0.1, 0.15) is 40.5 Å². The molecule has 3 heteroatoms. The smallest absolute Gasteiger partial charge is 0.334 e. The highest BCUT2D eigenvalue weighted by Gasteiger charge is 2.26. The van der Waals surface area contributed by atoms with E-state index in [0.29, 0.717) is 0 Å². The van der Waals surface area contributed by atoms with Gasteiger partial charge in [-0.25, -0.2) is 4.79 Å². The second-order valence-electron chi connectivity index (χ2n) is 5.35. The molecule has 0 saturated carbocycles. The lowest BCUT2D eigenvalue weighted by molar-refractivity contribution is -0.925. The Balaban J connectivity index is 2.54. The van der Waals surface area contributed by atoms with E-state index in [9.17, 15) is 4.79 Å². The summed E-state index contributed by atoms with van der Waals surface area (Å²) in [6.45, 7) is 12.8. The first-order valence-electron chi connectivity index (χ1n) is 7.48. The highest BCUT2D eigenvalue weighted by molar-refractivity contribution is 5.89. The van der Waals surface area contributed by atoms with Gasteiger partial charge >= 0.3 is 5.97 Å². The SMILES string of the molecule is CC[N+](CC)(CC)CC(C)OC(=O)C1=CC=CCC1. The third-order valence-electron chi connectivity index (χ3n) is 4.24. The van der Waals surface area contributed by atoms with Crippen molar-refractivity contribution in [2.45, 2.75) is 46.6 Å². The Hall–Kier alpha value is -1.09. The van der Waals surface area contributed by atoms with Crippen LogP contribution in [0.25, 0.3) is 0 Å². The molecule has 1 aliphatic carbocycles. The van der Waals surface area contributed by atoms with Crippen molar-refractivity contribution in [3.8, 4) is 0 Å². The van der Waals surface area contributed by atoms with Gasteiger partial charge in [0.15, 0.2) is 0 Å². The lowest BCUT2D eigenvalue weighted by Crippen LogP contribution is -2.52. The highest BCUT2D eigenvalue weighted by atomic mass is 16.5. The van der Waals surface area contributed by atoms with E-state index in [1.165, 1.54) is 0 Å². The van der Waals surface area contributed by atoms with Gasteiger partial charge in [-0.15, -0.1) is 0 Å². The summed E-state index contributed by atoms with van der Waals surface area (Å²) in [7, 11) is 0. The van der Waals surface area contributed by atoms with Crippen LogP contribution < -0.4 is 0 Å². The molecule has 19 heavy (non-hydrogen) atoms. The Morgan fingerprint density at radius 2 is 1.95 bits per heavy atom. The number of carbonyl (C=O) groups is 1. The molecule has 1 unspecified atom stereocenters. The topological polar surface area (TPSA) is 26.3 Å². The van der Waals surface area contributed by atoms with Crippen LogP contribution in [0.2, 0.25) is 0 Å². The minimum absolute atomic E-state index is 0.0286. The molecular formula is C16H28NO2+. The molecule has 0 aromatic carbocycles. The Bertz CT molecular complexity index is 345. The van der Waals surface area contributed by atoms with Crippen molar-refractivity contribution in [2.75, 3.05) is 26.2 Å². The van der Waals surface area contributed by atoms with Gasteiger partial charge in [0, 0.05) is 5.57 Å². The number of ether oxygens (including phenoxy) is 1. The molecular weight excluding hydrogens is 238 g/mol. The predicted octanol–water partition coefficient (Wildman–Crippen LogP) is 3.07. The molecule has 0 aromatic heterocycles. The molecule has 0 bridgehead atoms. The van der Waals surface area contributed by atoms with E-state index in [0.717, 1.165) is 49.1 Å². The second kappa shape index (κ2) is 7.49. The summed E-state index contributed by atoms with van der Waals surface area (Å²) in [6, 6.07) is 0. The molecule has 1 rings (SSSR count). The average Bonchev–Trinajstić information content (AvgIpc) is 2.46. The fourth-order valence-corrected chi connectivity index (χ4v) is 2.67. The van der Waals surface area contributed by atoms with E-state index in [2.05, 4.69) is 26.8 Å². The third-order valence-corrected chi connectivity index (χ3v) is 4.24. The molecule has 3 nitrogen and oxygen atoms in total. The standard InChI is InChI=1S/C16H28NO2/c1-5-17(6-2,7-3)13-14(4)19-16(18)15-11-9-8-10-12-15/h8-9,11,14H,5-7,10,12-13H2,1-4H3/q+1. The zero-order valence-corrected chi connectivity index (χ0v) is 12.8. The summed E-state index contributed by atoms with van der Waals surface area (Å²) in [5.41, 5.74) is 0.803. The molecule has 0 aromatic rings. The largest absolute Gasteiger partial charge is 0.453 e. The van der Waals surface area contributed by atoms with Crippen molar-refractivity contribution in [2.24, 2.45) is 0 Å². The van der Waals surface area contributed by atoms with Crippen molar-refractivity contribution in [3.63, 3.8) is 0 Å². The van der Waals surface area contributed by atoms with Crippen LogP contribution in [0.3, 0.4) is 0 Å². The maximum atomic E-state index is 12.0. The van der Waals surface area contributed by atoms with Gasteiger partial charge in [0.05, 0.1) is 19.6 Å².